The minimum Gasteiger partial charge on any atom is -0.325 e. The number of benzene rings is 1. The lowest BCUT2D eigenvalue weighted by atomic mass is 10.1. The maximum absolute atomic E-state index is 12.3. The van der Waals surface area contributed by atoms with E-state index in [-0.39, 0.29) is 11.7 Å². The number of aromatic nitrogens is 4. The summed E-state index contributed by atoms with van der Waals surface area (Å²) < 4.78 is 1.69. The lowest BCUT2D eigenvalue weighted by Crippen LogP contribution is -2.16. The van der Waals surface area contributed by atoms with Crippen molar-refractivity contribution in [3.8, 4) is 0 Å². The maximum Gasteiger partial charge on any atom is 0.234 e. The first kappa shape index (κ1) is 16.4. The Morgan fingerprint density at radius 1 is 1.21 bits per heavy atom. The molecule has 0 aliphatic carbocycles. The monoisotopic (exact) mass is 341 g/mol. The largest absolute Gasteiger partial charge is 0.325 e. The van der Waals surface area contributed by atoms with Crippen molar-refractivity contribution in [3.05, 3.63) is 41.3 Å². The van der Waals surface area contributed by atoms with Gasteiger partial charge in [-0.15, -0.1) is 0 Å². The first-order valence-electron chi connectivity index (χ1n) is 7.59. The SMILES string of the molecule is Cc1cc(C)c(NC(=O)CSc2ncnc3c2cnn3C)c(C)c1. The number of thioether (sulfide) groups is 1. The van der Waals surface area contributed by atoms with Crippen molar-refractivity contribution in [2.24, 2.45) is 7.05 Å². The van der Waals surface area contributed by atoms with Gasteiger partial charge in [-0.25, -0.2) is 9.97 Å². The number of nitrogens with one attached hydrogen (secondary N) is 1. The van der Waals surface area contributed by atoms with E-state index in [4.69, 9.17) is 0 Å². The first-order valence-corrected chi connectivity index (χ1v) is 8.57. The summed E-state index contributed by atoms with van der Waals surface area (Å²) in [6.07, 6.45) is 3.22. The van der Waals surface area contributed by atoms with Gasteiger partial charge in [0.05, 0.1) is 17.3 Å². The number of hydrogen-bond acceptors (Lipinski definition) is 5. The van der Waals surface area contributed by atoms with Gasteiger partial charge in [0.2, 0.25) is 5.91 Å². The molecule has 0 saturated carbocycles. The summed E-state index contributed by atoms with van der Waals surface area (Å²) in [6.45, 7) is 6.06. The van der Waals surface area contributed by atoms with Crippen LogP contribution in [-0.4, -0.2) is 31.4 Å². The zero-order valence-corrected chi connectivity index (χ0v) is 14.9. The van der Waals surface area contributed by atoms with Crippen molar-refractivity contribution in [1.29, 1.82) is 0 Å². The normalized spacial score (nSPS) is 11.0. The summed E-state index contributed by atoms with van der Waals surface area (Å²) in [4.78, 5) is 20.8. The molecule has 0 radical (unpaired) electrons. The van der Waals surface area contributed by atoms with Crippen LogP contribution in [0.4, 0.5) is 5.69 Å². The highest BCUT2D eigenvalue weighted by molar-refractivity contribution is 8.00. The molecule has 3 aromatic rings. The number of nitrogens with zero attached hydrogens (tertiary/aromatic N) is 4. The van der Waals surface area contributed by atoms with E-state index in [0.29, 0.717) is 0 Å². The molecule has 1 amide bonds. The van der Waals surface area contributed by atoms with Gasteiger partial charge in [-0.1, -0.05) is 29.5 Å². The quantitative estimate of drug-likeness (QED) is 0.583. The highest BCUT2D eigenvalue weighted by atomic mass is 32.2. The Kier molecular flexibility index (Phi) is 4.53. The molecular weight excluding hydrogens is 322 g/mol. The van der Waals surface area contributed by atoms with E-state index in [1.54, 1.807) is 10.9 Å². The Hall–Kier alpha value is -2.41. The molecule has 0 atom stereocenters. The fraction of sp³-hybridized carbons (Fsp3) is 0.294. The van der Waals surface area contributed by atoms with Gasteiger partial charge in [0.25, 0.3) is 0 Å². The number of carbonyl (C=O) groups is 1. The molecule has 2 heterocycles. The van der Waals surface area contributed by atoms with E-state index in [0.717, 1.165) is 32.9 Å². The molecule has 0 fully saturated rings. The molecule has 0 unspecified atom stereocenters. The topological polar surface area (TPSA) is 72.7 Å². The molecule has 0 bridgehead atoms. The Balaban J connectivity index is 1.72. The van der Waals surface area contributed by atoms with E-state index in [1.165, 1.54) is 23.7 Å². The predicted molar refractivity (Wildman–Crippen MR) is 96.3 cm³/mol. The number of amides is 1. The first-order chi connectivity index (χ1) is 11.5. The molecule has 0 aliphatic heterocycles. The summed E-state index contributed by atoms with van der Waals surface area (Å²) in [5.74, 6) is 0.235. The summed E-state index contributed by atoms with van der Waals surface area (Å²) in [5, 5.41) is 8.81. The second-order valence-corrected chi connectivity index (χ2v) is 6.76. The van der Waals surface area contributed by atoms with Crippen LogP contribution in [0.15, 0.2) is 29.7 Å². The number of fused-ring (bicyclic) bond motifs is 1. The predicted octanol–water partition coefficient (Wildman–Crippen LogP) is 3.02. The molecular formula is C17H19N5OS. The lowest BCUT2D eigenvalue weighted by Gasteiger charge is -2.12. The zero-order valence-electron chi connectivity index (χ0n) is 14.1. The number of aryl methyl sites for hydroxylation is 4. The standard InChI is InChI=1S/C17H19N5OS/c1-10-5-11(2)15(12(3)6-10)21-14(23)8-24-17-13-7-20-22(4)16(13)18-9-19-17/h5-7,9H,8H2,1-4H3,(H,21,23). The van der Waals surface area contributed by atoms with E-state index in [1.807, 2.05) is 20.9 Å². The molecule has 0 saturated heterocycles. The molecule has 7 heteroatoms. The van der Waals surface area contributed by atoms with Gasteiger partial charge in [-0.2, -0.15) is 5.10 Å². The number of hydrogen-bond donors (Lipinski definition) is 1. The Bertz CT molecular complexity index is 895. The smallest absolute Gasteiger partial charge is 0.234 e. The molecule has 3 rings (SSSR count). The number of carbonyl (C=O) groups excluding carboxylic acids is 1. The lowest BCUT2D eigenvalue weighted by molar-refractivity contribution is -0.113. The van der Waals surface area contributed by atoms with Crippen LogP contribution in [0.25, 0.3) is 11.0 Å². The van der Waals surface area contributed by atoms with Crippen molar-refractivity contribution >= 4 is 34.4 Å². The van der Waals surface area contributed by atoms with Gasteiger partial charge in [-0.05, 0) is 31.9 Å². The third-order valence-electron chi connectivity index (χ3n) is 3.77. The van der Waals surface area contributed by atoms with Gasteiger partial charge >= 0.3 is 0 Å². The molecule has 0 aliphatic rings. The molecule has 1 N–H and O–H groups in total. The van der Waals surface area contributed by atoms with Crippen molar-refractivity contribution < 1.29 is 4.79 Å². The van der Waals surface area contributed by atoms with E-state index >= 15 is 0 Å². The van der Waals surface area contributed by atoms with Crippen molar-refractivity contribution in [2.45, 2.75) is 25.8 Å². The Morgan fingerprint density at radius 2 is 1.92 bits per heavy atom. The van der Waals surface area contributed by atoms with Crippen LogP contribution in [0.5, 0.6) is 0 Å². The minimum atomic E-state index is -0.0503. The van der Waals surface area contributed by atoms with Crippen LogP contribution in [-0.2, 0) is 11.8 Å². The molecule has 124 valence electrons. The highest BCUT2D eigenvalue weighted by Gasteiger charge is 2.12. The van der Waals surface area contributed by atoms with E-state index in [9.17, 15) is 4.79 Å². The van der Waals surface area contributed by atoms with E-state index < -0.39 is 0 Å². The average Bonchev–Trinajstić information content (AvgIpc) is 2.91. The van der Waals surface area contributed by atoms with Crippen molar-refractivity contribution in [2.75, 3.05) is 11.1 Å². The fourth-order valence-electron chi connectivity index (χ4n) is 2.74. The van der Waals surface area contributed by atoms with Crippen LogP contribution in [0.3, 0.4) is 0 Å². The summed E-state index contributed by atoms with van der Waals surface area (Å²) in [5.41, 5.74) is 4.99. The third kappa shape index (κ3) is 3.26. The van der Waals surface area contributed by atoms with Gasteiger partial charge in [0.15, 0.2) is 5.65 Å². The van der Waals surface area contributed by atoms with Gasteiger partial charge < -0.3 is 5.32 Å². The second kappa shape index (κ2) is 6.60. The van der Waals surface area contributed by atoms with Gasteiger partial charge in [-0.3, -0.25) is 9.48 Å². The van der Waals surface area contributed by atoms with Crippen molar-refractivity contribution in [3.63, 3.8) is 0 Å². The molecule has 1 aromatic carbocycles. The van der Waals surface area contributed by atoms with E-state index in [2.05, 4.69) is 39.4 Å². The maximum atomic E-state index is 12.3. The molecule has 2 aromatic heterocycles. The summed E-state index contributed by atoms with van der Waals surface area (Å²) in [6, 6.07) is 4.14. The van der Waals surface area contributed by atoms with Crippen molar-refractivity contribution in [1.82, 2.24) is 19.7 Å². The summed E-state index contributed by atoms with van der Waals surface area (Å²) in [7, 11) is 1.83. The second-order valence-electron chi connectivity index (χ2n) is 5.79. The van der Waals surface area contributed by atoms with Gasteiger partial charge in [0, 0.05) is 12.7 Å². The minimum absolute atomic E-state index is 0.0503. The average molecular weight is 341 g/mol. The molecule has 24 heavy (non-hydrogen) atoms. The van der Waals surface area contributed by atoms with Crippen LogP contribution in [0, 0.1) is 20.8 Å². The van der Waals surface area contributed by atoms with Crippen LogP contribution < -0.4 is 5.32 Å². The number of anilines is 1. The highest BCUT2D eigenvalue weighted by Crippen LogP contribution is 2.25. The third-order valence-corrected chi connectivity index (χ3v) is 4.78. The zero-order chi connectivity index (χ0) is 17.3. The summed E-state index contributed by atoms with van der Waals surface area (Å²) >= 11 is 1.39. The Labute approximate surface area is 144 Å². The van der Waals surface area contributed by atoms with Gasteiger partial charge in [0.1, 0.15) is 11.4 Å². The molecule has 6 nitrogen and oxygen atoms in total. The molecule has 0 spiro atoms. The van der Waals surface area contributed by atoms with Crippen LogP contribution in [0.1, 0.15) is 16.7 Å². The Morgan fingerprint density at radius 3 is 2.62 bits per heavy atom. The van der Waals surface area contributed by atoms with Crippen LogP contribution in [0.2, 0.25) is 0 Å². The fourth-order valence-corrected chi connectivity index (χ4v) is 3.50. The van der Waals surface area contributed by atoms with Crippen LogP contribution >= 0.6 is 11.8 Å². The number of rotatable bonds is 4.